The van der Waals surface area contributed by atoms with Crippen LogP contribution in [0.2, 0.25) is 0 Å². The van der Waals surface area contributed by atoms with Gasteiger partial charge in [-0.25, -0.2) is 0 Å². The summed E-state index contributed by atoms with van der Waals surface area (Å²) < 4.78 is 0. The predicted octanol–water partition coefficient (Wildman–Crippen LogP) is 6.73. The smallest absolute Gasteiger partial charge is 0.0809 e. The molecule has 0 radical (unpaired) electrons. The van der Waals surface area contributed by atoms with E-state index in [4.69, 9.17) is 0 Å². The average Bonchev–Trinajstić information content (AvgIpc) is 3.06. The molecular formula is C30H50O3. The third kappa shape index (κ3) is 5.68. The Morgan fingerprint density at radius 2 is 1.73 bits per heavy atom. The molecule has 0 heterocycles. The van der Waals surface area contributed by atoms with Gasteiger partial charge < -0.3 is 15.3 Å². The summed E-state index contributed by atoms with van der Waals surface area (Å²) in [7, 11) is 0. The Labute approximate surface area is 203 Å². The van der Waals surface area contributed by atoms with Crippen LogP contribution in [0.5, 0.6) is 0 Å². The first-order valence-electron chi connectivity index (χ1n) is 13.3. The number of fused-ring (bicyclic) bond motifs is 1. The van der Waals surface area contributed by atoms with E-state index in [1.165, 1.54) is 37.7 Å². The fourth-order valence-corrected chi connectivity index (χ4v) is 7.30. The first-order chi connectivity index (χ1) is 15.2. The molecule has 3 aliphatic carbocycles. The van der Waals surface area contributed by atoms with Crippen molar-refractivity contribution in [1.29, 1.82) is 0 Å². The Balaban J connectivity index is 1.81. The van der Waals surface area contributed by atoms with E-state index in [9.17, 15) is 15.3 Å². The second-order valence-electron chi connectivity index (χ2n) is 13.2. The van der Waals surface area contributed by atoms with Crippen LogP contribution in [-0.4, -0.2) is 33.1 Å². The molecule has 3 heteroatoms. The lowest BCUT2D eigenvalue weighted by atomic mass is 9.56. The van der Waals surface area contributed by atoms with Crippen molar-refractivity contribution < 1.29 is 15.3 Å². The molecule has 0 spiro atoms. The molecule has 3 fully saturated rings. The van der Waals surface area contributed by atoms with Crippen molar-refractivity contribution in [3.63, 3.8) is 0 Å². The number of hydrogen-bond acceptors (Lipinski definition) is 3. The van der Waals surface area contributed by atoms with Crippen LogP contribution in [0.4, 0.5) is 0 Å². The summed E-state index contributed by atoms with van der Waals surface area (Å²) in [5, 5.41) is 30.8. The maximum atomic E-state index is 10.3. The third-order valence-electron chi connectivity index (χ3n) is 9.90. The molecule has 3 N–H and O–H groups in total. The van der Waals surface area contributed by atoms with Gasteiger partial charge in [0.1, 0.15) is 0 Å². The molecule has 33 heavy (non-hydrogen) atoms. The number of aliphatic hydroxyl groups excluding tert-OH is 2. The van der Waals surface area contributed by atoms with Crippen LogP contribution in [0.3, 0.4) is 0 Å². The van der Waals surface area contributed by atoms with Crippen molar-refractivity contribution in [1.82, 2.24) is 0 Å². The lowest BCUT2D eigenvalue weighted by molar-refractivity contribution is 0.0126. The summed E-state index contributed by atoms with van der Waals surface area (Å²) in [4.78, 5) is 0. The van der Waals surface area contributed by atoms with E-state index in [0.29, 0.717) is 41.6 Å². The molecule has 3 aliphatic rings. The summed E-state index contributed by atoms with van der Waals surface area (Å²) in [6, 6.07) is 0. The van der Waals surface area contributed by atoms with E-state index >= 15 is 0 Å². The van der Waals surface area contributed by atoms with E-state index in [2.05, 4.69) is 47.3 Å². The van der Waals surface area contributed by atoms with E-state index in [-0.39, 0.29) is 5.41 Å². The molecule has 0 aromatic heterocycles. The molecule has 0 saturated heterocycles. The van der Waals surface area contributed by atoms with Crippen molar-refractivity contribution in [3.8, 4) is 0 Å². The average molecular weight is 459 g/mol. The van der Waals surface area contributed by atoms with Crippen LogP contribution < -0.4 is 0 Å². The van der Waals surface area contributed by atoms with Gasteiger partial charge in [-0.2, -0.15) is 0 Å². The van der Waals surface area contributed by atoms with Gasteiger partial charge in [0.15, 0.2) is 0 Å². The monoisotopic (exact) mass is 458 g/mol. The zero-order valence-corrected chi connectivity index (χ0v) is 22.4. The minimum absolute atomic E-state index is 0.206. The van der Waals surface area contributed by atoms with Crippen molar-refractivity contribution in [2.24, 2.45) is 28.6 Å². The van der Waals surface area contributed by atoms with Gasteiger partial charge in [0, 0.05) is 0 Å². The first-order valence-corrected chi connectivity index (χ1v) is 13.3. The minimum Gasteiger partial charge on any atom is -0.390 e. The highest BCUT2D eigenvalue weighted by Crippen LogP contribution is 2.62. The lowest BCUT2D eigenvalue weighted by Crippen LogP contribution is -2.41. The summed E-state index contributed by atoms with van der Waals surface area (Å²) in [6.45, 7) is 19.8. The van der Waals surface area contributed by atoms with Gasteiger partial charge in [-0.3, -0.25) is 0 Å². The van der Waals surface area contributed by atoms with E-state index in [0.717, 1.165) is 18.4 Å². The molecule has 188 valence electrons. The largest absolute Gasteiger partial charge is 0.390 e. The van der Waals surface area contributed by atoms with Crippen LogP contribution >= 0.6 is 0 Å². The van der Waals surface area contributed by atoms with Crippen molar-refractivity contribution >= 4 is 0 Å². The van der Waals surface area contributed by atoms with Crippen LogP contribution in [0.25, 0.3) is 0 Å². The van der Waals surface area contributed by atoms with Gasteiger partial charge in [-0.1, -0.05) is 57.1 Å². The van der Waals surface area contributed by atoms with Crippen LogP contribution in [0.1, 0.15) is 106 Å². The summed E-state index contributed by atoms with van der Waals surface area (Å²) in [5.74, 6) is 1.95. The quantitative estimate of drug-likeness (QED) is 0.387. The normalized spacial score (nSPS) is 35.9. The standard InChI is InChI=1S/C30H50O3/c1-19(16-22-17-26(31)20(2)27(32)18-22)23-10-9-13-30(8)24(11-12-25(23)30)21(3)28(4,5)14-15-29(6,7)33/h16,21,24-27,31-33H,2,9-15,17-18H2,1,3-8H3/t21-,24?,25?,26+,27+,30+/m0/s1. The Bertz CT molecular complexity index is 780. The number of hydrogen-bond donors (Lipinski definition) is 3. The summed E-state index contributed by atoms with van der Waals surface area (Å²) in [6.07, 6.45) is 10.4. The van der Waals surface area contributed by atoms with Gasteiger partial charge in [-0.05, 0) is 113 Å². The molecule has 0 aliphatic heterocycles. The highest BCUT2D eigenvalue weighted by Gasteiger charge is 2.53. The fourth-order valence-electron chi connectivity index (χ4n) is 7.30. The Morgan fingerprint density at radius 1 is 1.12 bits per heavy atom. The Hall–Kier alpha value is -0.900. The molecule has 3 nitrogen and oxygen atoms in total. The number of allylic oxidation sites excluding steroid dienone is 3. The van der Waals surface area contributed by atoms with Gasteiger partial charge in [0.25, 0.3) is 0 Å². The van der Waals surface area contributed by atoms with Gasteiger partial charge in [-0.15, -0.1) is 0 Å². The third-order valence-corrected chi connectivity index (χ3v) is 9.90. The second-order valence-corrected chi connectivity index (χ2v) is 13.2. The minimum atomic E-state index is -0.628. The SMILES string of the molecule is C=C1[C@H](O)CC(=CC(C)=C2CCC[C@@]3(C)C2CCC3[C@H](C)C(C)(C)CCC(C)(C)O)C[C@H]1O. The van der Waals surface area contributed by atoms with Crippen LogP contribution in [0, 0.1) is 28.6 Å². The highest BCUT2D eigenvalue weighted by atomic mass is 16.3. The lowest BCUT2D eigenvalue weighted by Gasteiger charge is -2.48. The van der Waals surface area contributed by atoms with E-state index in [1.54, 1.807) is 5.57 Å². The molecule has 0 amide bonds. The van der Waals surface area contributed by atoms with Crippen molar-refractivity contribution in [2.45, 2.75) is 124 Å². The highest BCUT2D eigenvalue weighted by molar-refractivity contribution is 5.35. The van der Waals surface area contributed by atoms with Gasteiger partial charge >= 0.3 is 0 Å². The summed E-state index contributed by atoms with van der Waals surface area (Å²) >= 11 is 0. The first kappa shape index (κ1) is 26.7. The molecule has 3 saturated carbocycles. The van der Waals surface area contributed by atoms with E-state index in [1.807, 2.05) is 13.8 Å². The maximum Gasteiger partial charge on any atom is 0.0809 e. The Kier molecular flexibility index (Phi) is 7.79. The predicted molar refractivity (Wildman–Crippen MR) is 138 cm³/mol. The number of rotatable bonds is 6. The van der Waals surface area contributed by atoms with Gasteiger partial charge in [0.05, 0.1) is 17.8 Å². The zero-order valence-electron chi connectivity index (χ0n) is 22.4. The topological polar surface area (TPSA) is 60.7 Å². The molecular weight excluding hydrogens is 408 g/mol. The van der Waals surface area contributed by atoms with Crippen molar-refractivity contribution in [3.05, 3.63) is 34.9 Å². The number of aliphatic hydroxyl groups is 3. The zero-order chi connectivity index (χ0) is 24.8. The molecule has 2 unspecified atom stereocenters. The maximum absolute atomic E-state index is 10.3. The molecule has 6 atom stereocenters. The fraction of sp³-hybridized carbons (Fsp3) is 0.800. The Morgan fingerprint density at radius 3 is 2.30 bits per heavy atom. The van der Waals surface area contributed by atoms with Crippen LogP contribution in [-0.2, 0) is 0 Å². The van der Waals surface area contributed by atoms with E-state index < -0.39 is 17.8 Å². The molecule has 3 rings (SSSR count). The van der Waals surface area contributed by atoms with Crippen LogP contribution in [0.15, 0.2) is 34.9 Å². The molecule has 0 aromatic carbocycles. The molecule has 0 aromatic rings. The summed E-state index contributed by atoms with van der Waals surface area (Å²) in [5.41, 5.74) is 4.63. The van der Waals surface area contributed by atoms with Gasteiger partial charge in [0.2, 0.25) is 0 Å². The van der Waals surface area contributed by atoms with Crippen molar-refractivity contribution in [2.75, 3.05) is 0 Å². The molecule has 0 bridgehead atoms. The second kappa shape index (κ2) is 9.63.